The van der Waals surface area contributed by atoms with E-state index in [9.17, 15) is 14.4 Å². The number of rotatable bonds is 3. The Labute approximate surface area is 125 Å². The number of primary amides is 1. The smallest absolute Gasteiger partial charge is 0.408 e. The van der Waals surface area contributed by atoms with Gasteiger partial charge in [0.2, 0.25) is 11.8 Å². The summed E-state index contributed by atoms with van der Waals surface area (Å²) in [6.45, 7) is 5.50. The number of carbonyl (C=O) groups excluding carboxylic acids is 3. The van der Waals surface area contributed by atoms with Gasteiger partial charge in [-0.15, -0.1) is 12.8 Å². The van der Waals surface area contributed by atoms with Crippen molar-refractivity contribution in [2.45, 2.75) is 45.3 Å². The third-order valence-electron chi connectivity index (χ3n) is 2.68. The molecular weight excluding hydrogens is 274 g/mol. The predicted molar refractivity (Wildman–Crippen MR) is 78.1 cm³/mol. The second kappa shape index (κ2) is 8.15. The van der Waals surface area contributed by atoms with E-state index in [0.29, 0.717) is 13.0 Å². The van der Waals surface area contributed by atoms with E-state index in [1.165, 1.54) is 4.90 Å². The van der Waals surface area contributed by atoms with Crippen molar-refractivity contribution in [3.05, 3.63) is 0 Å². The number of hydrogen-bond acceptors (Lipinski definition) is 4. The Morgan fingerprint density at radius 2 is 1.90 bits per heavy atom. The third kappa shape index (κ3) is 6.65. The minimum absolute atomic E-state index is 0.196. The van der Waals surface area contributed by atoms with Crippen LogP contribution in [0.1, 0.15) is 33.6 Å². The SMILES string of the molecule is C#C.CC(C)(C)OC(=O)NCC(=O)N1CCC[C@H]1C(N)=O. The van der Waals surface area contributed by atoms with Crippen molar-refractivity contribution in [3.63, 3.8) is 0 Å². The van der Waals surface area contributed by atoms with E-state index in [2.05, 4.69) is 18.2 Å². The first-order valence-corrected chi connectivity index (χ1v) is 6.59. The van der Waals surface area contributed by atoms with E-state index in [0.717, 1.165) is 6.42 Å². The Hall–Kier alpha value is -2.23. The van der Waals surface area contributed by atoms with Crippen molar-refractivity contribution in [2.75, 3.05) is 13.1 Å². The van der Waals surface area contributed by atoms with E-state index < -0.39 is 23.6 Å². The van der Waals surface area contributed by atoms with Gasteiger partial charge in [0.15, 0.2) is 0 Å². The van der Waals surface area contributed by atoms with Crippen LogP contribution in [-0.2, 0) is 14.3 Å². The lowest BCUT2D eigenvalue weighted by atomic mass is 10.2. The van der Waals surface area contributed by atoms with E-state index in [4.69, 9.17) is 10.5 Å². The van der Waals surface area contributed by atoms with Gasteiger partial charge in [-0.05, 0) is 33.6 Å². The van der Waals surface area contributed by atoms with Crippen molar-refractivity contribution < 1.29 is 19.1 Å². The molecule has 0 spiro atoms. The molecule has 7 heteroatoms. The second-order valence-electron chi connectivity index (χ2n) is 5.50. The highest BCUT2D eigenvalue weighted by molar-refractivity contribution is 5.89. The second-order valence-corrected chi connectivity index (χ2v) is 5.50. The molecule has 1 saturated heterocycles. The van der Waals surface area contributed by atoms with Gasteiger partial charge in [-0.1, -0.05) is 0 Å². The molecule has 0 aromatic carbocycles. The normalized spacial score (nSPS) is 17.4. The van der Waals surface area contributed by atoms with Gasteiger partial charge < -0.3 is 20.7 Å². The first-order chi connectivity index (χ1) is 9.70. The van der Waals surface area contributed by atoms with Gasteiger partial charge in [0.1, 0.15) is 18.2 Å². The molecule has 0 aromatic rings. The molecule has 1 aliphatic rings. The Bertz CT molecular complexity index is 412. The maximum absolute atomic E-state index is 11.9. The lowest BCUT2D eigenvalue weighted by molar-refractivity contribution is -0.136. The summed E-state index contributed by atoms with van der Waals surface area (Å²) >= 11 is 0. The van der Waals surface area contributed by atoms with E-state index in [1.807, 2.05) is 0 Å². The number of nitrogens with two attached hydrogens (primary N) is 1. The first kappa shape index (κ1) is 18.8. The van der Waals surface area contributed by atoms with Crippen LogP contribution in [0.25, 0.3) is 0 Å². The molecular formula is C14H23N3O4. The molecule has 21 heavy (non-hydrogen) atoms. The van der Waals surface area contributed by atoms with Gasteiger partial charge in [0, 0.05) is 6.54 Å². The van der Waals surface area contributed by atoms with Gasteiger partial charge in [-0.2, -0.15) is 0 Å². The summed E-state index contributed by atoms with van der Waals surface area (Å²) in [6, 6.07) is -0.562. The molecule has 118 valence electrons. The molecule has 0 aromatic heterocycles. The summed E-state index contributed by atoms with van der Waals surface area (Å²) in [5.74, 6) is -0.838. The molecule has 1 fully saturated rings. The minimum Gasteiger partial charge on any atom is -0.444 e. The number of likely N-dealkylation sites (tertiary alicyclic amines) is 1. The Morgan fingerprint density at radius 3 is 2.38 bits per heavy atom. The maximum Gasteiger partial charge on any atom is 0.408 e. The van der Waals surface area contributed by atoms with Crippen LogP contribution in [0.3, 0.4) is 0 Å². The molecule has 0 radical (unpaired) electrons. The Balaban J connectivity index is 0.00000191. The number of amides is 3. The molecule has 1 heterocycles. The molecule has 1 atom stereocenters. The van der Waals surface area contributed by atoms with E-state index >= 15 is 0 Å². The van der Waals surface area contributed by atoms with Gasteiger partial charge >= 0.3 is 6.09 Å². The standard InChI is InChI=1S/C12H21N3O4.C2H2/c1-12(2,3)19-11(18)14-7-9(16)15-6-4-5-8(15)10(13)17;1-2/h8H,4-7H2,1-3H3,(H2,13,17)(H,14,18);1-2H/t8-;/m0./s1. The summed E-state index contributed by atoms with van der Waals surface area (Å²) in [5, 5.41) is 2.37. The molecule has 0 bridgehead atoms. The molecule has 3 N–H and O–H groups in total. The van der Waals surface area contributed by atoms with Crippen molar-refractivity contribution in [3.8, 4) is 12.8 Å². The van der Waals surface area contributed by atoms with Crippen LogP contribution >= 0.6 is 0 Å². The first-order valence-electron chi connectivity index (χ1n) is 6.59. The third-order valence-corrected chi connectivity index (χ3v) is 2.68. The fraction of sp³-hybridized carbons (Fsp3) is 0.643. The fourth-order valence-electron chi connectivity index (χ4n) is 1.92. The van der Waals surface area contributed by atoms with Crippen LogP contribution in [-0.4, -0.2) is 47.5 Å². The number of nitrogens with one attached hydrogen (secondary N) is 1. The lowest BCUT2D eigenvalue weighted by Gasteiger charge is -2.23. The topological polar surface area (TPSA) is 102 Å². The summed E-state index contributed by atoms with van der Waals surface area (Å²) in [7, 11) is 0. The number of hydrogen-bond donors (Lipinski definition) is 2. The van der Waals surface area contributed by atoms with Crippen LogP contribution in [0.15, 0.2) is 0 Å². The lowest BCUT2D eigenvalue weighted by Crippen LogP contribution is -2.48. The summed E-state index contributed by atoms with van der Waals surface area (Å²) in [4.78, 5) is 35.8. The zero-order chi connectivity index (χ0) is 16.6. The van der Waals surface area contributed by atoms with Gasteiger partial charge in [-0.3, -0.25) is 9.59 Å². The highest BCUT2D eigenvalue weighted by Crippen LogP contribution is 2.16. The molecule has 7 nitrogen and oxygen atoms in total. The summed E-state index contributed by atoms with van der Waals surface area (Å²) < 4.78 is 5.01. The average molecular weight is 297 g/mol. The number of terminal acetylenes is 1. The number of nitrogens with zero attached hydrogens (tertiary/aromatic N) is 1. The molecule has 0 saturated carbocycles. The monoisotopic (exact) mass is 297 g/mol. The summed E-state index contributed by atoms with van der Waals surface area (Å²) in [5.41, 5.74) is 4.61. The Morgan fingerprint density at radius 1 is 1.33 bits per heavy atom. The van der Waals surface area contributed by atoms with Gasteiger partial charge in [0.05, 0.1) is 0 Å². The molecule has 0 aliphatic carbocycles. The van der Waals surface area contributed by atoms with Crippen LogP contribution in [0.4, 0.5) is 4.79 Å². The van der Waals surface area contributed by atoms with Crippen molar-refractivity contribution >= 4 is 17.9 Å². The summed E-state index contributed by atoms with van der Waals surface area (Å²) in [6.07, 6.45) is 8.66. The van der Waals surface area contributed by atoms with Crippen molar-refractivity contribution in [1.82, 2.24) is 10.2 Å². The molecule has 0 unspecified atom stereocenters. The zero-order valence-corrected chi connectivity index (χ0v) is 12.7. The highest BCUT2D eigenvalue weighted by Gasteiger charge is 2.32. The van der Waals surface area contributed by atoms with Gasteiger partial charge in [-0.25, -0.2) is 4.79 Å². The van der Waals surface area contributed by atoms with Crippen molar-refractivity contribution in [1.29, 1.82) is 0 Å². The fourth-order valence-corrected chi connectivity index (χ4v) is 1.92. The van der Waals surface area contributed by atoms with Crippen molar-refractivity contribution in [2.24, 2.45) is 5.73 Å². The van der Waals surface area contributed by atoms with E-state index in [-0.39, 0.29) is 12.5 Å². The average Bonchev–Trinajstić information content (AvgIpc) is 2.85. The van der Waals surface area contributed by atoms with Crippen LogP contribution in [0.2, 0.25) is 0 Å². The quantitative estimate of drug-likeness (QED) is 0.728. The molecule has 1 rings (SSSR count). The van der Waals surface area contributed by atoms with Gasteiger partial charge in [0.25, 0.3) is 0 Å². The molecule has 3 amide bonds. The number of ether oxygens (including phenoxy) is 1. The Kier molecular flexibility index (Phi) is 7.28. The minimum atomic E-state index is -0.657. The maximum atomic E-state index is 11.9. The predicted octanol–water partition coefficient (Wildman–Crippen LogP) is 0.237. The number of alkyl carbamates (subject to hydrolysis) is 1. The number of carbonyl (C=O) groups is 3. The van der Waals surface area contributed by atoms with Crippen LogP contribution in [0.5, 0.6) is 0 Å². The highest BCUT2D eigenvalue weighted by atomic mass is 16.6. The van der Waals surface area contributed by atoms with Crippen LogP contribution in [0, 0.1) is 12.8 Å². The van der Waals surface area contributed by atoms with E-state index in [1.54, 1.807) is 20.8 Å². The van der Waals surface area contributed by atoms with Crippen LogP contribution < -0.4 is 11.1 Å². The largest absolute Gasteiger partial charge is 0.444 e. The molecule has 1 aliphatic heterocycles. The zero-order valence-electron chi connectivity index (χ0n) is 12.7.